The summed E-state index contributed by atoms with van der Waals surface area (Å²) in [6.07, 6.45) is 1.65. The van der Waals surface area contributed by atoms with Gasteiger partial charge in [-0.05, 0) is 42.7 Å². The summed E-state index contributed by atoms with van der Waals surface area (Å²) in [5, 5.41) is 2.53. The van der Waals surface area contributed by atoms with Gasteiger partial charge in [-0.2, -0.15) is 0 Å². The van der Waals surface area contributed by atoms with E-state index in [0.717, 1.165) is 30.5 Å². The van der Waals surface area contributed by atoms with E-state index in [4.69, 9.17) is 9.47 Å². The van der Waals surface area contributed by atoms with Gasteiger partial charge in [0.2, 0.25) is 0 Å². The minimum atomic E-state index is -0.798. The lowest BCUT2D eigenvalue weighted by molar-refractivity contribution is 0.170. The molecular weight excluding hydrogens is 342 g/mol. The largest absolute Gasteiger partial charge is 0.486 e. The van der Waals surface area contributed by atoms with Crippen molar-refractivity contribution in [3.8, 4) is 11.5 Å². The predicted octanol–water partition coefficient (Wildman–Crippen LogP) is 4.11. The summed E-state index contributed by atoms with van der Waals surface area (Å²) in [4.78, 5) is 14.3. The summed E-state index contributed by atoms with van der Waals surface area (Å²) in [5.74, 6) is -0.114. The molecule has 7 heteroatoms. The number of urea groups is 1. The average Bonchev–Trinajstić information content (AvgIpc) is 3.13. The molecule has 0 spiro atoms. The van der Waals surface area contributed by atoms with Crippen LogP contribution in [0.25, 0.3) is 0 Å². The number of ether oxygens (including phenoxy) is 2. The van der Waals surface area contributed by atoms with Crippen molar-refractivity contribution in [2.24, 2.45) is 0 Å². The van der Waals surface area contributed by atoms with Crippen molar-refractivity contribution in [2.75, 3.05) is 25.1 Å². The van der Waals surface area contributed by atoms with Crippen molar-refractivity contribution < 1.29 is 23.0 Å². The van der Waals surface area contributed by atoms with Crippen molar-refractivity contribution in [1.29, 1.82) is 0 Å². The highest BCUT2D eigenvalue weighted by Gasteiger charge is 2.31. The molecule has 1 atom stereocenters. The minimum absolute atomic E-state index is 0.0378. The standard InChI is InChI=1S/C19H18F2N2O3/c20-13-4-5-15(14(21)11-13)22-19(24)23-7-1-2-16(23)12-3-6-17-18(10-12)26-9-8-25-17/h3-6,10-11,16H,1-2,7-9H2,(H,22,24). The molecule has 2 aliphatic rings. The van der Waals surface area contributed by atoms with E-state index in [2.05, 4.69) is 5.32 Å². The fourth-order valence-electron chi connectivity index (χ4n) is 3.40. The molecule has 0 bridgehead atoms. The zero-order chi connectivity index (χ0) is 18.1. The van der Waals surface area contributed by atoms with Crippen LogP contribution >= 0.6 is 0 Å². The van der Waals surface area contributed by atoms with Crippen LogP contribution in [0.15, 0.2) is 36.4 Å². The van der Waals surface area contributed by atoms with E-state index in [1.807, 2.05) is 18.2 Å². The van der Waals surface area contributed by atoms with Crippen LogP contribution in [0.2, 0.25) is 0 Å². The van der Waals surface area contributed by atoms with E-state index in [-0.39, 0.29) is 11.7 Å². The first kappa shape index (κ1) is 16.6. The predicted molar refractivity (Wildman–Crippen MR) is 91.5 cm³/mol. The number of hydrogen-bond donors (Lipinski definition) is 1. The van der Waals surface area contributed by atoms with Gasteiger partial charge in [0.25, 0.3) is 0 Å². The Balaban J connectivity index is 1.53. The number of halogens is 2. The van der Waals surface area contributed by atoms with Gasteiger partial charge >= 0.3 is 6.03 Å². The molecule has 2 amide bonds. The monoisotopic (exact) mass is 360 g/mol. The Morgan fingerprint density at radius 1 is 1.08 bits per heavy atom. The number of amides is 2. The van der Waals surface area contributed by atoms with Gasteiger partial charge in [0.15, 0.2) is 11.5 Å². The number of benzene rings is 2. The first-order chi connectivity index (χ1) is 12.6. The van der Waals surface area contributed by atoms with Crippen LogP contribution < -0.4 is 14.8 Å². The molecule has 1 saturated heterocycles. The number of likely N-dealkylation sites (tertiary alicyclic amines) is 1. The molecule has 136 valence electrons. The van der Waals surface area contributed by atoms with Crippen molar-refractivity contribution in [3.05, 3.63) is 53.6 Å². The number of nitrogens with one attached hydrogen (secondary N) is 1. The smallest absolute Gasteiger partial charge is 0.322 e. The van der Waals surface area contributed by atoms with Gasteiger partial charge in [-0.25, -0.2) is 13.6 Å². The molecule has 0 radical (unpaired) electrons. The molecule has 0 aliphatic carbocycles. The molecule has 1 N–H and O–H groups in total. The van der Waals surface area contributed by atoms with Crippen LogP contribution in [0.4, 0.5) is 19.3 Å². The van der Waals surface area contributed by atoms with E-state index in [0.29, 0.717) is 31.3 Å². The summed E-state index contributed by atoms with van der Waals surface area (Å²) < 4.78 is 38.0. The van der Waals surface area contributed by atoms with Gasteiger partial charge in [0, 0.05) is 12.6 Å². The highest BCUT2D eigenvalue weighted by atomic mass is 19.1. The van der Waals surface area contributed by atoms with Gasteiger partial charge in [-0.3, -0.25) is 0 Å². The highest BCUT2D eigenvalue weighted by Crippen LogP contribution is 2.38. The molecule has 5 nitrogen and oxygen atoms in total. The highest BCUT2D eigenvalue weighted by molar-refractivity contribution is 5.90. The van der Waals surface area contributed by atoms with E-state index >= 15 is 0 Å². The van der Waals surface area contributed by atoms with Crippen molar-refractivity contribution in [1.82, 2.24) is 4.90 Å². The van der Waals surface area contributed by atoms with Crippen LogP contribution in [0.3, 0.4) is 0 Å². The SMILES string of the molecule is O=C(Nc1ccc(F)cc1F)N1CCCC1c1ccc2c(c1)OCCO2. The average molecular weight is 360 g/mol. The number of anilines is 1. The van der Waals surface area contributed by atoms with Crippen LogP contribution in [0, 0.1) is 11.6 Å². The maximum atomic E-state index is 13.8. The minimum Gasteiger partial charge on any atom is -0.486 e. The van der Waals surface area contributed by atoms with E-state index in [9.17, 15) is 13.6 Å². The fraction of sp³-hybridized carbons (Fsp3) is 0.316. The van der Waals surface area contributed by atoms with E-state index in [1.54, 1.807) is 4.90 Å². The van der Waals surface area contributed by atoms with Gasteiger partial charge in [0.05, 0.1) is 11.7 Å². The summed E-state index contributed by atoms with van der Waals surface area (Å²) in [6, 6.07) is 8.20. The Bertz CT molecular complexity index is 844. The third-order valence-corrected chi connectivity index (χ3v) is 4.64. The topological polar surface area (TPSA) is 50.8 Å². The quantitative estimate of drug-likeness (QED) is 0.877. The number of carbonyl (C=O) groups excluding carboxylic acids is 1. The summed E-state index contributed by atoms with van der Waals surface area (Å²) in [5.41, 5.74) is 0.908. The third kappa shape index (κ3) is 3.16. The van der Waals surface area contributed by atoms with Crippen LogP contribution in [0.1, 0.15) is 24.4 Å². The van der Waals surface area contributed by atoms with E-state index in [1.165, 1.54) is 6.07 Å². The molecule has 2 aromatic carbocycles. The second-order valence-electron chi connectivity index (χ2n) is 6.31. The first-order valence-electron chi connectivity index (χ1n) is 8.54. The Morgan fingerprint density at radius 3 is 2.69 bits per heavy atom. The maximum absolute atomic E-state index is 13.8. The van der Waals surface area contributed by atoms with Crippen LogP contribution in [-0.4, -0.2) is 30.7 Å². The molecule has 1 fully saturated rings. The van der Waals surface area contributed by atoms with Crippen molar-refractivity contribution in [2.45, 2.75) is 18.9 Å². The lowest BCUT2D eigenvalue weighted by atomic mass is 10.0. The van der Waals surface area contributed by atoms with E-state index < -0.39 is 17.7 Å². The molecule has 0 saturated carbocycles. The number of fused-ring (bicyclic) bond motifs is 1. The van der Waals surface area contributed by atoms with Gasteiger partial charge in [-0.1, -0.05) is 6.07 Å². The Morgan fingerprint density at radius 2 is 1.88 bits per heavy atom. The first-order valence-corrected chi connectivity index (χ1v) is 8.54. The molecule has 2 aromatic rings. The van der Waals surface area contributed by atoms with Crippen LogP contribution in [0.5, 0.6) is 11.5 Å². The number of carbonyl (C=O) groups is 1. The molecule has 1 unspecified atom stereocenters. The zero-order valence-corrected chi connectivity index (χ0v) is 14.0. The van der Waals surface area contributed by atoms with Gasteiger partial charge in [0.1, 0.15) is 24.8 Å². The summed E-state index contributed by atoms with van der Waals surface area (Å²) >= 11 is 0. The molecule has 26 heavy (non-hydrogen) atoms. The Kier molecular flexibility index (Phi) is 4.36. The maximum Gasteiger partial charge on any atom is 0.322 e. The second kappa shape index (κ2) is 6.82. The Hall–Kier alpha value is -2.83. The molecular formula is C19H18F2N2O3. The normalized spacial score (nSPS) is 18.7. The van der Waals surface area contributed by atoms with Crippen molar-refractivity contribution in [3.63, 3.8) is 0 Å². The van der Waals surface area contributed by atoms with Gasteiger partial charge in [-0.15, -0.1) is 0 Å². The molecule has 2 heterocycles. The number of hydrogen-bond acceptors (Lipinski definition) is 3. The van der Waals surface area contributed by atoms with Crippen molar-refractivity contribution >= 4 is 11.7 Å². The Labute approximate surface area is 149 Å². The molecule has 0 aromatic heterocycles. The van der Waals surface area contributed by atoms with Gasteiger partial charge < -0.3 is 19.7 Å². The zero-order valence-electron chi connectivity index (χ0n) is 14.0. The molecule has 4 rings (SSSR count). The number of nitrogens with zero attached hydrogens (tertiary/aromatic N) is 1. The second-order valence-corrected chi connectivity index (χ2v) is 6.31. The third-order valence-electron chi connectivity index (χ3n) is 4.64. The summed E-state index contributed by atoms with van der Waals surface area (Å²) in [6.45, 7) is 1.58. The lowest BCUT2D eigenvalue weighted by Gasteiger charge is -2.27. The fourth-order valence-corrected chi connectivity index (χ4v) is 3.40. The summed E-state index contributed by atoms with van der Waals surface area (Å²) in [7, 11) is 0. The van der Waals surface area contributed by atoms with Crippen LogP contribution in [-0.2, 0) is 0 Å². The molecule has 2 aliphatic heterocycles. The lowest BCUT2D eigenvalue weighted by Crippen LogP contribution is -2.34. The number of rotatable bonds is 2.